The second-order valence-corrected chi connectivity index (χ2v) is 7.29. The van der Waals surface area contributed by atoms with Gasteiger partial charge >= 0.3 is 6.09 Å². The Hall–Kier alpha value is -1.28. The number of rotatable bonds is 3. The van der Waals surface area contributed by atoms with E-state index in [-0.39, 0.29) is 18.1 Å². The van der Waals surface area contributed by atoms with Crippen molar-refractivity contribution in [1.82, 2.24) is 10.6 Å². The van der Waals surface area contributed by atoms with Crippen molar-refractivity contribution in [1.29, 1.82) is 5.26 Å². The van der Waals surface area contributed by atoms with Gasteiger partial charge in [0.1, 0.15) is 5.60 Å². The van der Waals surface area contributed by atoms with E-state index in [0.717, 1.165) is 38.5 Å². The minimum absolute atomic E-state index is 0.155. The predicted molar refractivity (Wildman–Crippen MR) is 80.7 cm³/mol. The van der Waals surface area contributed by atoms with Crippen LogP contribution in [0.4, 0.5) is 4.79 Å². The van der Waals surface area contributed by atoms with Crippen molar-refractivity contribution in [2.45, 2.75) is 83.0 Å². The highest BCUT2D eigenvalue weighted by atomic mass is 16.6. The molecule has 0 aromatic carbocycles. The van der Waals surface area contributed by atoms with E-state index in [1.807, 2.05) is 20.8 Å². The molecular formula is C16H27N3O2. The number of nitrogens with zero attached hydrogens (tertiary/aromatic N) is 1. The first-order valence-electron chi connectivity index (χ1n) is 8.02. The molecule has 21 heavy (non-hydrogen) atoms. The van der Waals surface area contributed by atoms with E-state index in [0.29, 0.717) is 12.1 Å². The summed E-state index contributed by atoms with van der Waals surface area (Å²) in [6.45, 7) is 5.61. The summed E-state index contributed by atoms with van der Waals surface area (Å²) >= 11 is 0. The summed E-state index contributed by atoms with van der Waals surface area (Å²) in [5.74, 6) is 0.155. The Bertz CT molecular complexity index is 411. The summed E-state index contributed by atoms with van der Waals surface area (Å²) in [4.78, 5) is 11.8. The third-order valence-electron chi connectivity index (χ3n) is 4.29. The van der Waals surface area contributed by atoms with Gasteiger partial charge < -0.3 is 15.4 Å². The molecule has 0 aliphatic heterocycles. The Kier molecular flexibility index (Phi) is 5.10. The van der Waals surface area contributed by atoms with E-state index in [9.17, 15) is 4.79 Å². The Morgan fingerprint density at radius 1 is 1.19 bits per heavy atom. The molecule has 0 bridgehead atoms. The van der Waals surface area contributed by atoms with Crippen LogP contribution >= 0.6 is 0 Å². The summed E-state index contributed by atoms with van der Waals surface area (Å²) in [5.41, 5.74) is -0.454. The number of carbonyl (C=O) groups excluding carboxylic acids is 1. The van der Waals surface area contributed by atoms with Crippen molar-refractivity contribution in [3.63, 3.8) is 0 Å². The molecule has 2 aliphatic rings. The van der Waals surface area contributed by atoms with E-state index in [4.69, 9.17) is 10.00 Å². The molecule has 0 aromatic rings. The molecule has 2 aliphatic carbocycles. The maximum absolute atomic E-state index is 11.8. The van der Waals surface area contributed by atoms with E-state index in [2.05, 4.69) is 16.7 Å². The molecule has 2 fully saturated rings. The molecule has 4 unspecified atom stereocenters. The summed E-state index contributed by atoms with van der Waals surface area (Å²) < 4.78 is 5.29. The van der Waals surface area contributed by atoms with Crippen LogP contribution in [0.2, 0.25) is 0 Å². The SMILES string of the molecule is CC(C)(C)OC(=O)NC1CCC(NC2CCCC2C#N)C1. The maximum atomic E-state index is 11.8. The number of alkyl carbamates (subject to hydrolysis) is 1. The van der Waals surface area contributed by atoms with Gasteiger partial charge in [-0.2, -0.15) is 5.26 Å². The van der Waals surface area contributed by atoms with Gasteiger partial charge in [0.05, 0.1) is 12.0 Å². The molecule has 4 atom stereocenters. The first-order chi connectivity index (χ1) is 9.87. The summed E-state index contributed by atoms with van der Waals surface area (Å²) in [5, 5.41) is 15.7. The van der Waals surface area contributed by atoms with Crippen LogP contribution in [-0.2, 0) is 4.74 Å². The molecule has 0 spiro atoms. The fourth-order valence-corrected chi connectivity index (χ4v) is 3.36. The predicted octanol–water partition coefficient (Wildman–Crippen LogP) is 2.71. The lowest BCUT2D eigenvalue weighted by Crippen LogP contribution is -2.41. The number of amides is 1. The molecule has 2 rings (SSSR count). The molecule has 2 saturated carbocycles. The molecule has 0 saturated heterocycles. The van der Waals surface area contributed by atoms with Crippen molar-refractivity contribution >= 4 is 6.09 Å². The van der Waals surface area contributed by atoms with Crippen molar-refractivity contribution in [2.24, 2.45) is 5.92 Å². The van der Waals surface area contributed by atoms with Gasteiger partial charge in [0.2, 0.25) is 0 Å². The van der Waals surface area contributed by atoms with E-state index < -0.39 is 5.60 Å². The minimum atomic E-state index is -0.454. The van der Waals surface area contributed by atoms with Gasteiger partial charge in [0.15, 0.2) is 0 Å². The highest BCUT2D eigenvalue weighted by Gasteiger charge is 2.33. The molecule has 1 amide bonds. The van der Waals surface area contributed by atoms with Gasteiger partial charge in [-0.1, -0.05) is 6.42 Å². The van der Waals surface area contributed by atoms with Crippen LogP contribution in [0.1, 0.15) is 59.3 Å². The van der Waals surface area contributed by atoms with Crippen LogP contribution in [0, 0.1) is 17.2 Å². The molecule has 0 heterocycles. The number of carbonyl (C=O) groups is 1. The lowest BCUT2D eigenvalue weighted by atomic mass is 10.0. The Labute approximate surface area is 127 Å². The largest absolute Gasteiger partial charge is 0.444 e. The zero-order valence-electron chi connectivity index (χ0n) is 13.3. The van der Waals surface area contributed by atoms with Gasteiger partial charge in [-0.25, -0.2) is 4.79 Å². The molecule has 5 nitrogen and oxygen atoms in total. The lowest BCUT2D eigenvalue weighted by Gasteiger charge is -2.23. The first kappa shape index (κ1) is 16.1. The monoisotopic (exact) mass is 293 g/mol. The van der Waals surface area contributed by atoms with Gasteiger partial charge in [-0.3, -0.25) is 0 Å². The summed E-state index contributed by atoms with van der Waals surface area (Å²) in [7, 11) is 0. The second kappa shape index (κ2) is 6.65. The highest BCUT2D eigenvalue weighted by Crippen LogP contribution is 2.28. The van der Waals surface area contributed by atoms with Crippen molar-refractivity contribution in [2.75, 3.05) is 0 Å². The fourth-order valence-electron chi connectivity index (χ4n) is 3.36. The van der Waals surface area contributed by atoms with Crippen LogP contribution in [0.3, 0.4) is 0 Å². The zero-order chi connectivity index (χ0) is 15.5. The van der Waals surface area contributed by atoms with Crippen molar-refractivity contribution < 1.29 is 9.53 Å². The maximum Gasteiger partial charge on any atom is 0.407 e. The lowest BCUT2D eigenvalue weighted by molar-refractivity contribution is 0.0505. The Morgan fingerprint density at radius 3 is 2.57 bits per heavy atom. The minimum Gasteiger partial charge on any atom is -0.444 e. The third-order valence-corrected chi connectivity index (χ3v) is 4.29. The molecule has 0 radical (unpaired) electrons. The first-order valence-corrected chi connectivity index (χ1v) is 8.02. The van der Waals surface area contributed by atoms with E-state index >= 15 is 0 Å². The quantitative estimate of drug-likeness (QED) is 0.839. The Balaban J connectivity index is 1.74. The zero-order valence-corrected chi connectivity index (χ0v) is 13.3. The average Bonchev–Trinajstić information content (AvgIpc) is 2.96. The highest BCUT2D eigenvalue weighted by molar-refractivity contribution is 5.68. The van der Waals surface area contributed by atoms with Crippen LogP contribution < -0.4 is 10.6 Å². The molecule has 0 aromatic heterocycles. The standard InChI is InChI=1S/C16H27N3O2/c1-16(2,3)21-15(20)19-13-8-7-12(9-13)18-14-6-4-5-11(14)10-17/h11-14,18H,4-9H2,1-3H3,(H,19,20). The number of nitrogens with one attached hydrogen (secondary N) is 2. The number of nitriles is 1. The third kappa shape index (κ3) is 4.89. The normalized spacial score (nSPS) is 32.7. The van der Waals surface area contributed by atoms with Crippen LogP contribution in [0.15, 0.2) is 0 Å². The van der Waals surface area contributed by atoms with Gasteiger partial charge in [-0.05, 0) is 52.9 Å². The summed E-state index contributed by atoms with van der Waals surface area (Å²) in [6, 6.07) is 3.32. The summed E-state index contributed by atoms with van der Waals surface area (Å²) in [6.07, 6.45) is 5.87. The van der Waals surface area contributed by atoms with E-state index in [1.54, 1.807) is 0 Å². The molecular weight excluding hydrogens is 266 g/mol. The number of ether oxygens (including phenoxy) is 1. The van der Waals surface area contributed by atoms with Crippen LogP contribution in [0.5, 0.6) is 0 Å². The average molecular weight is 293 g/mol. The van der Waals surface area contributed by atoms with Crippen LogP contribution in [0.25, 0.3) is 0 Å². The number of hydrogen-bond acceptors (Lipinski definition) is 4. The molecule has 5 heteroatoms. The molecule has 118 valence electrons. The topological polar surface area (TPSA) is 74.2 Å². The van der Waals surface area contributed by atoms with Gasteiger partial charge in [0.25, 0.3) is 0 Å². The number of hydrogen-bond donors (Lipinski definition) is 2. The van der Waals surface area contributed by atoms with Crippen LogP contribution in [-0.4, -0.2) is 29.8 Å². The molecule has 2 N–H and O–H groups in total. The second-order valence-electron chi connectivity index (χ2n) is 7.29. The van der Waals surface area contributed by atoms with Gasteiger partial charge in [0, 0.05) is 18.1 Å². The van der Waals surface area contributed by atoms with Gasteiger partial charge in [-0.15, -0.1) is 0 Å². The van der Waals surface area contributed by atoms with E-state index in [1.165, 1.54) is 0 Å². The van der Waals surface area contributed by atoms with Crippen molar-refractivity contribution in [3.05, 3.63) is 0 Å². The fraction of sp³-hybridized carbons (Fsp3) is 0.875. The Morgan fingerprint density at radius 2 is 1.90 bits per heavy atom. The smallest absolute Gasteiger partial charge is 0.407 e. The van der Waals surface area contributed by atoms with Crippen molar-refractivity contribution in [3.8, 4) is 6.07 Å².